The van der Waals surface area contributed by atoms with Crippen LogP contribution < -0.4 is 5.73 Å². The molecule has 1 saturated heterocycles. The maximum atomic E-state index is 6.08. The Morgan fingerprint density at radius 3 is 2.36 bits per heavy atom. The van der Waals surface area contributed by atoms with Crippen LogP contribution in [0.15, 0.2) is 30.3 Å². The van der Waals surface area contributed by atoms with Gasteiger partial charge in [-0.25, -0.2) is 0 Å². The molecule has 2 N–H and O–H groups in total. The van der Waals surface area contributed by atoms with E-state index >= 15 is 0 Å². The van der Waals surface area contributed by atoms with Crippen LogP contribution >= 0.6 is 0 Å². The van der Waals surface area contributed by atoms with E-state index in [0.29, 0.717) is 13.2 Å². The van der Waals surface area contributed by atoms with Crippen LogP contribution in [-0.2, 0) is 9.47 Å². The second-order valence-electron chi connectivity index (χ2n) is 3.60. The first kappa shape index (κ1) is 9.65. The third-order valence-corrected chi connectivity index (χ3v) is 2.58. The molecule has 1 atom stereocenters. The van der Waals surface area contributed by atoms with Crippen LogP contribution in [0.4, 0.5) is 0 Å². The molecule has 0 aliphatic carbocycles. The van der Waals surface area contributed by atoms with Crippen LogP contribution in [0.3, 0.4) is 0 Å². The first-order valence-electron chi connectivity index (χ1n) is 4.81. The molecule has 0 spiro atoms. The van der Waals surface area contributed by atoms with Crippen molar-refractivity contribution in [3.63, 3.8) is 0 Å². The molecule has 1 aromatic carbocycles. The van der Waals surface area contributed by atoms with Crippen molar-refractivity contribution in [2.45, 2.75) is 18.8 Å². The van der Waals surface area contributed by atoms with Gasteiger partial charge in [-0.05, 0) is 12.5 Å². The van der Waals surface area contributed by atoms with Gasteiger partial charge in [0.05, 0.1) is 19.3 Å². The van der Waals surface area contributed by atoms with Gasteiger partial charge in [-0.1, -0.05) is 30.3 Å². The molecular weight excluding hydrogens is 178 g/mol. The van der Waals surface area contributed by atoms with Gasteiger partial charge in [-0.2, -0.15) is 0 Å². The molecular formula is C11H15NO2. The van der Waals surface area contributed by atoms with Gasteiger partial charge in [0.2, 0.25) is 0 Å². The Labute approximate surface area is 83.8 Å². The Morgan fingerprint density at radius 2 is 1.79 bits per heavy atom. The predicted octanol–water partition coefficient (Wildman–Crippen LogP) is 1.45. The molecule has 2 rings (SSSR count). The number of hydrogen-bond acceptors (Lipinski definition) is 3. The van der Waals surface area contributed by atoms with Crippen molar-refractivity contribution in [3.05, 3.63) is 35.9 Å². The summed E-state index contributed by atoms with van der Waals surface area (Å²) in [6.45, 7) is 3.13. The maximum absolute atomic E-state index is 6.08. The van der Waals surface area contributed by atoms with E-state index < -0.39 is 5.79 Å². The van der Waals surface area contributed by atoms with E-state index in [1.807, 2.05) is 37.3 Å². The molecule has 0 aromatic heterocycles. The van der Waals surface area contributed by atoms with Crippen LogP contribution in [0.25, 0.3) is 0 Å². The summed E-state index contributed by atoms with van der Waals surface area (Å²) in [5, 5.41) is 0. The molecule has 1 fully saturated rings. The summed E-state index contributed by atoms with van der Waals surface area (Å²) < 4.78 is 11.0. The zero-order valence-corrected chi connectivity index (χ0v) is 8.27. The largest absolute Gasteiger partial charge is 0.346 e. The lowest BCUT2D eigenvalue weighted by Crippen LogP contribution is -2.39. The molecule has 0 saturated carbocycles. The van der Waals surface area contributed by atoms with Crippen LogP contribution in [0.2, 0.25) is 0 Å². The van der Waals surface area contributed by atoms with Crippen LogP contribution in [0, 0.1) is 0 Å². The summed E-state index contributed by atoms with van der Waals surface area (Å²) >= 11 is 0. The Balaban J connectivity index is 2.19. The average Bonchev–Trinajstić information content (AvgIpc) is 2.67. The van der Waals surface area contributed by atoms with Gasteiger partial charge in [0, 0.05) is 0 Å². The minimum absolute atomic E-state index is 0.230. The Morgan fingerprint density at radius 1 is 1.21 bits per heavy atom. The highest BCUT2D eigenvalue weighted by molar-refractivity contribution is 5.20. The van der Waals surface area contributed by atoms with E-state index in [9.17, 15) is 0 Å². The van der Waals surface area contributed by atoms with Crippen LogP contribution in [0.5, 0.6) is 0 Å². The van der Waals surface area contributed by atoms with Gasteiger partial charge in [-0.15, -0.1) is 0 Å². The van der Waals surface area contributed by atoms with Crippen molar-refractivity contribution >= 4 is 0 Å². The quantitative estimate of drug-likeness (QED) is 0.773. The summed E-state index contributed by atoms with van der Waals surface area (Å²) in [4.78, 5) is 0. The fourth-order valence-corrected chi connectivity index (χ4v) is 1.67. The van der Waals surface area contributed by atoms with E-state index in [1.165, 1.54) is 0 Å². The third kappa shape index (κ3) is 1.66. The molecule has 14 heavy (non-hydrogen) atoms. The first-order chi connectivity index (χ1) is 6.72. The second kappa shape index (κ2) is 3.69. The van der Waals surface area contributed by atoms with E-state index in [4.69, 9.17) is 15.2 Å². The molecule has 1 aliphatic heterocycles. The van der Waals surface area contributed by atoms with Crippen molar-refractivity contribution in [2.24, 2.45) is 5.73 Å². The lowest BCUT2D eigenvalue weighted by molar-refractivity contribution is -0.159. The molecule has 1 aliphatic rings. The first-order valence-corrected chi connectivity index (χ1v) is 4.81. The molecule has 0 bridgehead atoms. The van der Waals surface area contributed by atoms with Gasteiger partial charge in [0.15, 0.2) is 5.79 Å². The number of rotatable bonds is 2. The van der Waals surface area contributed by atoms with Gasteiger partial charge < -0.3 is 15.2 Å². The number of ether oxygens (including phenoxy) is 2. The fraction of sp³-hybridized carbons (Fsp3) is 0.455. The fourth-order valence-electron chi connectivity index (χ4n) is 1.67. The van der Waals surface area contributed by atoms with Gasteiger partial charge in [0.1, 0.15) is 0 Å². The smallest absolute Gasteiger partial charge is 0.184 e. The van der Waals surface area contributed by atoms with Crippen molar-refractivity contribution in [2.75, 3.05) is 13.2 Å². The van der Waals surface area contributed by atoms with Crippen LogP contribution in [-0.4, -0.2) is 19.0 Å². The van der Waals surface area contributed by atoms with E-state index in [0.717, 1.165) is 5.56 Å². The maximum Gasteiger partial charge on any atom is 0.184 e. The molecule has 1 aromatic rings. The highest BCUT2D eigenvalue weighted by Crippen LogP contribution is 2.31. The molecule has 3 nitrogen and oxygen atoms in total. The summed E-state index contributed by atoms with van der Waals surface area (Å²) in [6.07, 6.45) is 0. The van der Waals surface area contributed by atoms with Crippen molar-refractivity contribution in [1.29, 1.82) is 0 Å². The van der Waals surface area contributed by atoms with Crippen molar-refractivity contribution < 1.29 is 9.47 Å². The number of benzene rings is 1. The lowest BCUT2D eigenvalue weighted by atomic mass is 10.0. The van der Waals surface area contributed by atoms with Gasteiger partial charge in [-0.3, -0.25) is 0 Å². The van der Waals surface area contributed by atoms with Gasteiger partial charge in [0.25, 0.3) is 0 Å². The summed E-state index contributed by atoms with van der Waals surface area (Å²) in [5.74, 6) is -0.665. The molecule has 76 valence electrons. The Kier molecular flexibility index (Phi) is 2.54. The molecule has 0 radical (unpaired) electrons. The number of hydrogen-bond donors (Lipinski definition) is 1. The summed E-state index contributed by atoms with van der Waals surface area (Å²) in [5.41, 5.74) is 7.12. The van der Waals surface area contributed by atoms with Crippen molar-refractivity contribution in [3.8, 4) is 0 Å². The van der Waals surface area contributed by atoms with E-state index in [-0.39, 0.29) is 6.04 Å². The van der Waals surface area contributed by atoms with E-state index in [1.54, 1.807) is 0 Å². The van der Waals surface area contributed by atoms with E-state index in [2.05, 4.69) is 0 Å². The molecule has 1 heterocycles. The summed E-state index contributed by atoms with van der Waals surface area (Å²) in [7, 11) is 0. The molecule has 1 unspecified atom stereocenters. The predicted molar refractivity (Wildman–Crippen MR) is 53.7 cm³/mol. The molecule has 3 heteroatoms. The Hall–Kier alpha value is -0.900. The zero-order chi connectivity index (χ0) is 10.0. The van der Waals surface area contributed by atoms with Crippen LogP contribution in [0.1, 0.15) is 18.5 Å². The lowest BCUT2D eigenvalue weighted by Gasteiger charge is -2.29. The minimum Gasteiger partial charge on any atom is -0.346 e. The minimum atomic E-state index is -0.665. The highest BCUT2D eigenvalue weighted by Gasteiger charge is 2.38. The van der Waals surface area contributed by atoms with Crippen molar-refractivity contribution in [1.82, 2.24) is 0 Å². The SMILES string of the molecule is CC1(C(N)c2ccccc2)OCCO1. The number of nitrogens with two attached hydrogens (primary N) is 1. The standard InChI is InChI=1S/C11H15NO2/c1-11(13-7-8-14-11)10(12)9-5-3-2-4-6-9/h2-6,10H,7-8,12H2,1H3. The summed E-state index contributed by atoms with van der Waals surface area (Å²) in [6, 6.07) is 9.64. The highest BCUT2D eigenvalue weighted by atomic mass is 16.7. The monoisotopic (exact) mass is 193 g/mol. The van der Waals surface area contributed by atoms with Gasteiger partial charge >= 0.3 is 0 Å². The Bertz CT molecular complexity index is 293. The topological polar surface area (TPSA) is 44.5 Å². The normalized spacial score (nSPS) is 22.1. The second-order valence-corrected chi connectivity index (χ2v) is 3.60. The molecule has 0 amide bonds. The average molecular weight is 193 g/mol. The zero-order valence-electron chi connectivity index (χ0n) is 8.27. The third-order valence-electron chi connectivity index (χ3n) is 2.58.